The lowest BCUT2D eigenvalue weighted by Crippen LogP contribution is -2.46. The third kappa shape index (κ3) is 6.87. The highest BCUT2D eigenvalue weighted by Crippen LogP contribution is 2.44. The average Bonchev–Trinajstić information content (AvgIpc) is 3.14. The van der Waals surface area contributed by atoms with Crippen LogP contribution in [0.4, 0.5) is 18.9 Å². The second-order valence-corrected chi connectivity index (χ2v) is 12.1. The fraction of sp³-hybridized carbons (Fsp3) is 0.481. The van der Waals surface area contributed by atoms with E-state index in [1.165, 1.54) is 6.07 Å². The normalized spacial score (nSPS) is 17.6. The van der Waals surface area contributed by atoms with E-state index < -0.39 is 67.8 Å². The molecule has 0 amide bonds. The highest BCUT2D eigenvalue weighted by molar-refractivity contribution is 7.86. The molecule has 0 radical (unpaired) electrons. The van der Waals surface area contributed by atoms with Crippen LogP contribution in [-0.2, 0) is 35.4 Å². The van der Waals surface area contributed by atoms with Gasteiger partial charge in [0.25, 0.3) is 10.1 Å². The zero-order valence-corrected chi connectivity index (χ0v) is 23.1. The molecule has 0 saturated heterocycles. The Hall–Kier alpha value is -3.52. The predicted molar refractivity (Wildman–Crippen MR) is 141 cm³/mol. The molecule has 2 heterocycles. The maximum Gasteiger partial charge on any atom is 0.417 e. The summed E-state index contributed by atoms with van der Waals surface area (Å²) in [6.07, 6.45) is -3.20. The quantitative estimate of drug-likeness (QED) is 0.147. The number of anilines is 1. The molecule has 222 valence electrons. The van der Waals surface area contributed by atoms with Gasteiger partial charge in [0.15, 0.2) is 11.6 Å². The van der Waals surface area contributed by atoms with Crippen molar-refractivity contribution in [2.45, 2.75) is 70.2 Å². The first kappa shape index (κ1) is 30.4. The van der Waals surface area contributed by atoms with E-state index >= 15 is 0 Å². The second-order valence-electron chi connectivity index (χ2n) is 10.7. The lowest BCUT2D eigenvalue weighted by atomic mass is 9.87. The molecule has 4 rings (SSSR count). The van der Waals surface area contributed by atoms with Gasteiger partial charge in [0.1, 0.15) is 11.3 Å². The van der Waals surface area contributed by atoms with Crippen LogP contribution in [0.15, 0.2) is 33.5 Å². The lowest BCUT2D eigenvalue weighted by Gasteiger charge is -2.44. The third-order valence-corrected chi connectivity index (χ3v) is 7.75. The number of alkyl halides is 3. The molecule has 10 nitrogen and oxygen atoms in total. The number of hydrogen-bond acceptors (Lipinski definition) is 9. The van der Waals surface area contributed by atoms with E-state index in [0.717, 1.165) is 6.07 Å². The van der Waals surface area contributed by atoms with Gasteiger partial charge in [0.2, 0.25) is 6.10 Å². The van der Waals surface area contributed by atoms with E-state index in [-0.39, 0.29) is 36.0 Å². The van der Waals surface area contributed by atoms with Gasteiger partial charge in [-0.05, 0) is 38.3 Å². The molecular formula is C27H28F3NO9S. The zero-order chi connectivity index (χ0) is 30.3. The number of benzene rings is 1. The first-order valence-corrected chi connectivity index (χ1v) is 14.5. The van der Waals surface area contributed by atoms with Crippen molar-refractivity contribution in [2.24, 2.45) is 0 Å². The first-order valence-electron chi connectivity index (χ1n) is 12.9. The van der Waals surface area contributed by atoms with Gasteiger partial charge >= 0.3 is 17.8 Å². The van der Waals surface area contributed by atoms with Crippen LogP contribution >= 0.6 is 0 Å². The molecule has 0 atom stereocenters. The molecule has 1 aliphatic heterocycles. The first-order chi connectivity index (χ1) is 19.0. The molecule has 1 N–H and O–H groups in total. The molecule has 1 saturated carbocycles. The van der Waals surface area contributed by atoms with Crippen LogP contribution in [0.5, 0.6) is 0 Å². The summed E-state index contributed by atoms with van der Waals surface area (Å²) in [6.45, 7) is 3.82. The number of hydrogen-bond donors (Lipinski definition) is 1. The minimum absolute atomic E-state index is 0.0224. The monoisotopic (exact) mass is 599 g/mol. The lowest BCUT2D eigenvalue weighted by molar-refractivity contribution is -0.157. The molecule has 14 heteroatoms. The Balaban J connectivity index is 1.58. The highest BCUT2D eigenvalue weighted by Gasteiger charge is 2.38. The molecule has 0 spiro atoms. The van der Waals surface area contributed by atoms with Gasteiger partial charge in [-0.1, -0.05) is 12.5 Å². The zero-order valence-electron chi connectivity index (χ0n) is 22.2. The maximum atomic E-state index is 13.7. The predicted octanol–water partition coefficient (Wildman–Crippen LogP) is 4.09. The average molecular weight is 600 g/mol. The summed E-state index contributed by atoms with van der Waals surface area (Å²) in [4.78, 5) is 49.2. The SMILES string of the molecule is CC1(C)C=C(CS(=O)(=O)O)c2cc3c(C(F)(F)F)cc(=O)oc3cc2N1CCCCCC(=O)OC1C(=O)CCC1=O. The molecular weight excluding hydrogens is 571 g/mol. The Kier molecular flexibility index (Phi) is 8.20. The van der Waals surface area contributed by atoms with E-state index in [9.17, 15) is 45.3 Å². The van der Waals surface area contributed by atoms with Crippen molar-refractivity contribution in [1.82, 2.24) is 0 Å². The Bertz CT molecular complexity index is 1590. The van der Waals surface area contributed by atoms with Gasteiger partial charge < -0.3 is 14.1 Å². The van der Waals surface area contributed by atoms with Gasteiger partial charge in [-0.2, -0.15) is 21.6 Å². The summed E-state index contributed by atoms with van der Waals surface area (Å²) in [7, 11) is -4.55. The van der Waals surface area contributed by atoms with E-state index in [0.29, 0.717) is 37.6 Å². The van der Waals surface area contributed by atoms with Crippen molar-refractivity contribution >= 4 is 49.9 Å². The highest BCUT2D eigenvalue weighted by atomic mass is 32.2. The van der Waals surface area contributed by atoms with Gasteiger partial charge in [0, 0.05) is 54.6 Å². The van der Waals surface area contributed by atoms with Crippen molar-refractivity contribution in [1.29, 1.82) is 0 Å². The Morgan fingerprint density at radius 1 is 1.10 bits per heavy atom. The fourth-order valence-electron chi connectivity index (χ4n) is 5.26. The molecule has 0 unspecified atom stereocenters. The number of rotatable bonds is 9. The number of ketones is 2. The maximum absolute atomic E-state index is 13.7. The summed E-state index contributed by atoms with van der Waals surface area (Å²) in [5.41, 5.74) is -3.12. The van der Waals surface area contributed by atoms with Crippen LogP contribution in [-0.4, -0.2) is 54.4 Å². The minimum Gasteiger partial charge on any atom is -0.446 e. The van der Waals surface area contributed by atoms with Crippen LogP contribution in [0.1, 0.15) is 63.5 Å². The smallest absolute Gasteiger partial charge is 0.417 e. The van der Waals surface area contributed by atoms with Gasteiger partial charge in [0.05, 0.1) is 11.1 Å². The summed E-state index contributed by atoms with van der Waals surface area (Å²) < 4.78 is 84.4. The van der Waals surface area contributed by atoms with Crippen LogP contribution in [0.25, 0.3) is 16.5 Å². The van der Waals surface area contributed by atoms with E-state index in [1.54, 1.807) is 19.9 Å². The van der Waals surface area contributed by atoms with Crippen molar-refractivity contribution in [3.63, 3.8) is 0 Å². The van der Waals surface area contributed by atoms with Gasteiger partial charge in [-0.15, -0.1) is 0 Å². The van der Waals surface area contributed by atoms with Crippen molar-refractivity contribution in [3.05, 3.63) is 45.8 Å². The summed E-state index contributed by atoms with van der Waals surface area (Å²) in [5, 5.41) is -0.436. The standard InChI is InChI=1S/C27H28F3NO9S/c1-26(2)13-15(14-41(36,37)38)16-10-17-18(27(28,29)30)11-24(35)39-22(17)12-19(16)31(26)9-5-3-4-6-23(34)40-25-20(32)7-8-21(25)33/h10-13,25H,3-9,14H2,1-2H3,(H,36,37,38). The number of unbranched alkanes of at least 4 members (excludes halogenated alkanes) is 2. The third-order valence-electron chi connectivity index (χ3n) is 7.08. The number of nitrogens with zero attached hydrogens (tertiary/aromatic N) is 1. The van der Waals surface area contributed by atoms with Crippen molar-refractivity contribution < 1.29 is 49.7 Å². The largest absolute Gasteiger partial charge is 0.446 e. The number of carbonyl (C=O) groups is 3. The van der Waals surface area contributed by atoms with Crippen LogP contribution in [0.3, 0.4) is 0 Å². The minimum atomic E-state index is -4.89. The summed E-state index contributed by atoms with van der Waals surface area (Å²) >= 11 is 0. The molecule has 0 bridgehead atoms. The molecule has 1 aromatic carbocycles. The van der Waals surface area contributed by atoms with Crippen LogP contribution in [0.2, 0.25) is 0 Å². The molecule has 1 aliphatic carbocycles. The number of ether oxygens (including phenoxy) is 1. The Morgan fingerprint density at radius 3 is 2.37 bits per heavy atom. The van der Waals surface area contributed by atoms with Crippen molar-refractivity contribution in [3.8, 4) is 0 Å². The van der Waals surface area contributed by atoms with Gasteiger partial charge in [-0.3, -0.25) is 18.9 Å². The summed E-state index contributed by atoms with van der Waals surface area (Å²) in [6, 6.07) is 2.69. The Morgan fingerprint density at radius 2 is 1.76 bits per heavy atom. The molecule has 1 aromatic heterocycles. The number of carbonyl (C=O) groups excluding carboxylic acids is 3. The molecule has 1 fully saturated rings. The fourth-order valence-corrected chi connectivity index (χ4v) is 5.89. The van der Waals surface area contributed by atoms with Gasteiger partial charge in [-0.25, -0.2) is 4.79 Å². The summed E-state index contributed by atoms with van der Waals surface area (Å²) in [5.74, 6) is -2.33. The van der Waals surface area contributed by atoms with E-state index in [2.05, 4.69) is 0 Å². The molecule has 41 heavy (non-hydrogen) atoms. The number of Topliss-reactive ketones (excluding diaryl/α,β-unsaturated/α-hetero) is 2. The number of halogens is 3. The van der Waals surface area contributed by atoms with E-state index in [4.69, 9.17) is 9.15 Å². The van der Waals surface area contributed by atoms with Crippen LogP contribution in [0, 0.1) is 0 Å². The number of esters is 1. The molecule has 2 aliphatic rings. The topological polar surface area (TPSA) is 148 Å². The number of fused-ring (bicyclic) bond motifs is 2. The van der Waals surface area contributed by atoms with E-state index in [1.807, 2.05) is 4.90 Å². The molecule has 2 aromatic rings. The Labute approximate surface area is 232 Å². The van der Waals surface area contributed by atoms with Crippen LogP contribution < -0.4 is 10.5 Å². The second kappa shape index (κ2) is 11.0. The van der Waals surface area contributed by atoms with Crippen molar-refractivity contribution in [2.75, 3.05) is 17.2 Å².